The van der Waals surface area contributed by atoms with Crippen LogP contribution in [0.5, 0.6) is 0 Å². The van der Waals surface area contributed by atoms with Crippen LogP contribution in [-0.4, -0.2) is 35.0 Å². The highest BCUT2D eigenvalue weighted by atomic mass is 32.1. The summed E-state index contributed by atoms with van der Waals surface area (Å²) in [6.45, 7) is 3.29. The second-order valence-electron chi connectivity index (χ2n) is 4.67. The van der Waals surface area contributed by atoms with Crippen molar-refractivity contribution in [2.24, 2.45) is 0 Å². The van der Waals surface area contributed by atoms with Crippen LogP contribution >= 0.6 is 11.3 Å². The molecule has 6 heteroatoms. The van der Waals surface area contributed by atoms with E-state index >= 15 is 0 Å². The second kappa shape index (κ2) is 7.73. The highest BCUT2D eigenvalue weighted by Crippen LogP contribution is 2.21. The molecule has 0 saturated carbocycles. The topological polar surface area (TPSA) is 53.4 Å². The van der Waals surface area contributed by atoms with E-state index in [1.807, 2.05) is 0 Å². The molecule has 0 aliphatic heterocycles. The molecule has 1 aromatic rings. The quantitative estimate of drug-likeness (QED) is 0.663. The van der Waals surface area contributed by atoms with Gasteiger partial charge in [0.05, 0.1) is 11.5 Å². The molecule has 0 aliphatic rings. The third-order valence-electron chi connectivity index (χ3n) is 2.52. The molecule has 1 heterocycles. The van der Waals surface area contributed by atoms with Crippen molar-refractivity contribution in [1.82, 2.24) is 9.88 Å². The maximum absolute atomic E-state index is 13.5. The zero-order valence-electron chi connectivity index (χ0n) is 12.6. The van der Waals surface area contributed by atoms with E-state index < -0.39 is 5.83 Å². The number of halogens is 1. The molecule has 0 atom stereocenters. The number of hydrogen-bond donors (Lipinski definition) is 1. The highest BCUT2D eigenvalue weighted by molar-refractivity contribution is 7.14. The van der Waals surface area contributed by atoms with E-state index in [1.54, 1.807) is 21.0 Å². The largest absolute Gasteiger partial charge is 0.513 e. The van der Waals surface area contributed by atoms with Crippen molar-refractivity contribution in [2.45, 2.75) is 20.3 Å². The second-order valence-corrected chi connectivity index (χ2v) is 5.70. The van der Waals surface area contributed by atoms with E-state index in [4.69, 9.17) is 5.11 Å². The van der Waals surface area contributed by atoms with Crippen molar-refractivity contribution in [3.05, 3.63) is 45.4 Å². The standard InChI is InChI=1S/C15H19FN2O2S/c1-10(19)6-5-7-12(16)8-9-13-17-11(2)14(21-13)15(20)18(3)4/h6-9,19H,5H2,1-4H3/b9-8+,10-6+,12-7?. The molecule has 0 aliphatic carbocycles. The highest BCUT2D eigenvalue weighted by Gasteiger charge is 2.15. The van der Waals surface area contributed by atoms with E-state index in [2.05, 4.69) is 4.98 Å². The Labute approximate surface area is 127 Å². The lowest BCUT2D eigenvalue weighted by Gasteiger charge is -2.07. The fraction of sp³-hybridized carbons (Fsp3) is 0.333. The van der Waals surface area contributed by atoms with Crippen LogP contribution < -0.4 is 0 Å². The predicted molar refractivity (Wildman–Crippen MR) is 84.1 cm³/mol. The number of amides is 1. The molecule has 0 saturated heterocycles. The summed E-state index contributed by atoms with van der Waals surface area (Å²) < 4.78 is 13.5. The van der Waals surface area contributed by atoms with Crippen LogP contribution in [0.4, 0.5) is 4.39 Å². The molecule has 21 heavy (non-hydrogen) atoms. The summed E-state index contributed by atoms with van der Waals surface area (Å²) in [5, 5.41) is 9.53. The Morgan fingerprint density at radius 3 is 2.67 bits per heavy atom. The lowest BCUT2D eigenvalue weighted by Crippen LogP contribution is -2.21. The number of aliphatic hydroxyl groups excluding tert-OH is 1. The van der Waals surface area contributed by atoms with Crippen molar-refractivity contribution >= 4 is 23.3 Å². The number of aromatic nitrogens is 1. The molecule has 0 unspecified atom stereocenters. The molecule has 1 aromatic heterocycles. The zero-order valence-corrected chi connectivity index (χ0v) is 13.4. The number of allylic oxidation sites excluding steroid dienone is 5. The number of rotatable bonds is 5. The van der Waals surface area contributed by atoms with Crippen LogP contribution in [0.15, 0.2) is 29.8 Å². The SMILES string of the molecule is C/C(O)=C\CC=C(F)/C=C/c1nc(C)c(C(=O)N(C)C)s1. The summed E-state index contributed by atoms with van der Waals surface area (Å²) in [7, 11) is 3.35. The summed E-state index contributed by atoms with van der Waals surface area (Å²) in [6.07, 6.45) is 6.01. The normalized spacial score (nSPS) is 13.0. The van der Waals surface area contributed by atoms with Gasteiger partial charge in [-0.2, -0.15) is 0 Å². The summed E-state index contributed by atoms with van der Waals surface area (Å²) >= 11 is 1.23. The summed E-state index contributed by atoms with van der Waals surface area (Å²) in [4.78, 5) is 18.2. The van der Waals surface area contributed by atoms with Crippen LogP contribution in [0, 0.1) is 6.92 Å². The number of aryl methyl sites for hydroxylation is 1. The van der Waals surface area contributed by atoms with Crippen LogP contribution in [0.3, 0.4) is 0 Å². The number of nitrogens with zero attached hydrogens (tertiary/aromatic N) is 2. The molecule has 0 fully saturated rings. The van der Waals surface area contributed by atoms with Crippen LogP contribution in [0.1, 0.15) is 33.7 Å². The maximum Gasteiger partial charge on any atom is 0.265 e. The lowest BCUT2D eigenvalue weighted by atomic mass is 10.3. The van der Waals surface area contributed by atoms with E-state index in [9.17, 15) is 9.18 Å². The van der Waals surface area contributed by atoms with Gasteiger partial charge in [-0.25, -0.2) is 9.37 Å². The maximum atomic E-state index is 13.5. The van der Waals surface area contributed by atoms with Gasteiger partial charge in [-0.3, -0.25) is 4.79 Å². The first-order valence-corrected chi connectivity index (χ1v) is 7.21. The molecule has 0 bridgehead atoms. The summed E-state index contributed by atoms with van der Waals surface area (Å²) in [6, 6.07) is 0. The van der Waals surface area contributed by atoms with Gasteiger partial charge >= 0.3 is 0 Å². The van der Waals surface area contributed by atoms with Crippen LogP contribution in [0.25, 0.3) is 6.08 Å². The minimum absolute atomic E-state index is 0.107. The van der Waals surface area contributed by atoms with E-state index in [0.717, 1.165) is 0 Å². The Hall–Kier alpha value is -1.95. The minimum Gasteiger partial charge on any atom is -0.513 e. The van der Waals surface area contributed by atoms with E-state index in [0.29, 0.717) is 22.0 Å². The smallest absolute Gasteiger partial charge is 0.265 e. The van der Waals surface area contributed by atoms with Gasteiger partial charge in [0.2, 0.25) is 0 Å². The molecule has 0 radical (unpaired) electrons. The summed E-state index contributed by atoms with van der Waals surface area (Å²) in [5.41, 5.74) is 0.640. The Morgan fingerprint density at radius 1 is 1.43 bits per heavy atom. The fourth-order valence-electron chi connectivity index (χ4n) is 1.45. The lowest BCUT2D eigenvalue weighted by molar-refractivity contribution is 0.0831. The van der Waals surface area contributed by atoms with Crippen molar-refractivity contribution in [3.63, 3.8) is 0 Å². The first kappa shape index (κ1) is 17.1. The zero-order chi connectivity index (χ0) is 16.0. The van der Waals surface area contributed by atoms with Crippen molar-refractivity contribution in [1.29, 1.82) is 0 Å². The predicted octanol–water partition coefficient (Wildman–Crippen LogP) is 3.87. The molecular formula is C15H19FN2O2S. The van der Waals surface area contributed by atoms with Gasteiger partial charge < -0.3 is 10.0 Å². The monoisotopic (exact) mass is 310 g/mol. The van der Waals surface area contributed by atoms with E-state index in [1.165, 1.54) is 47.5 Å². The Bertz CT molecular complexity index is 597. The average molecular weight is 310 g/mol. The third kappa shape index (κ3) is 5.51. The van der Waals surface area contributed by atoms with Crippen LogP contribution in [-0.2, 0) is 0 Å². The van der Waals surface area contributed by atoms with Gasteiger partial charge in [-0.05, 0) is 44.6 Å². The van der Waals surface area contributed by atoms with Crippen molar-refractivity contribution in [2.75, 3.05) is 14.1 Å². The van der Waals surface area contributed by atoms with Crippen molar-refractivity contribution < 1.29 is 14.3 Å². The molecule has 114 valence electrons. The first-order valence-electron chi connectivity index (χ1n) is 6.39. The molecule has 1 rings (SSSR count). The van der Waals surface area contributed by atoms with Gasteiger partial charge in [0.25, 0.3) is 5.91 Å². The Kier molecular flexibility index (Phi) is 6.30. The number of thiazole rings is 1. The van der Waals surface area contributed by atoms with E-state index in [-0.39, 0.29) is 11.7 Å². The minimum atomic E-state index is -0.416. The number of carbonyl (C=O) groups excluding carboxylic acids is 1. The van der Waals surface area contributed by atoms with Gasteiger partial charge in [-0.15, -0.1) is 11.3 Å². The molecule has 0 spiro atoms. The van der Waals surface area contributed by atoms with Gasteiger partial charge in [0.1, 0.15) is 15.7 Å². The molecular weight excluding hydrogens is 291 g/mol. The molecule has 0 aromatic carbocycles. The van der Waals surface area contributed by atoms with Gasteiger partial charge in [0.15, 0.2) is 0 Å². The third-order valence-corrected chi connectivity index (χ3v) is 3.64. The first-order chi connectivity index (χ1) is 9.81. The van der Waals surface area contributed by atoms with Crippen molar-refractivity contribution in [3.8, 4) is 0 Å². The average Bonchev–Trinajstić information content (AvgIpc) is 2.76. The van der Waals surface area contributed by atoms with Crippen LogP contribution in [0.2, 0.25) is 0 Å². The van der Waals surface area contributed by atoms with Gasteiger partial charge in [-0.1, -0.05) is 0 Å². The number of carbonyl (C=O) groups is 1. The number of hydrogen-bond acceptors (Lipinski definition) is 4. The van der Waals surface area contributed by atoms with Gasteiger partial charge in [0, 0.05) is 14.1 Å². The fourth-order valence-corrected chi connectivity index (χ4v) is 2.44. The Morgan fingerprint density at radius 2 is 2.10 bits per heavy atom. The Balaban J connectivity index is 2.80. The summed E-state index contributed by atoms with van der Waals surface area (Å²) in [5.74, 6) is -0.365. The molecule has 1 N–H and O–H groups in total. The molecule has 4 nitrogen and oxygen atoms in total. The molecule has 1 amide bonds. The number of aliphatic hydroxyl groups is 1.